The van der Waals surface area contributed by atoms with E-state index in [0.717, 1.165) is 11.3 Å². The lowest BCUT2D eigenvalue weighted by Gasteiger charge is -2.19. The van der Waals surface area contributed by atoms with Gasteiger partial charge in [-0.1, -0.05) is 6.07 Å². The highest BCUT2D eigenvalue weighted by Gasteiger charge is 2.12. The highest BCUT2D eigenvalue weighted by atomic mass is 19.1. The Balaban J connectivity index is 2.05. The zero-order valence-corrected chi connectivity index (χ0v) is 10.5. The zero-order chi connectivity index (χ0) is 13.0. The van der Waals surface area contributed by atoms with Crippen molar-refractivity contribution in [2.75, 3.05) is 0 Å². The number of hydrogen-bond donors (Lipinski definition) is 1. The molecule has 2 aromatic heterocycles. The van der Waals surface area contributed by atoms with Crippen molar-refractivity contribution in [3.8, 4) is 0 Å². The Morgan fingerprint density at radius 2 is 2.00 bits per heavy atom. The van der Waals surface area contributed by atoms with Gasteiger partial charge < -0.3 is 5.32 Å². The quantitative estimate of drug-likeness (QED) is 0.899. The lowest BCUT2D eigenvalue weighted by molar-refractivity contribution is 0.482. The molecule has 2 aromatic rings. The smallest absolute Gasteiger partial charge is 0.141 e. The molecule has 0 aliphatic rings. The van der Waals surface area contributed by atoms with Crippen molar-refractivity contribution in [3.05, 3.63) is 59.9 Å². The van der Waals surface area contributed by atoms with E-state index in [4.69, 9.17) is 0 Å². The highest BCUT2D eigenvalue weighted by molar-refractivity contribution is 5.16. The fraction of sp³-hybridized carbons (Fsp3) is 0.286. The summed E-state index contributed by atoms with van der Waals surface area (Å²) in [6, 6.07) is 7.42. The lowest BCUT2D eigenvalue weighted by atomic mass is 10.1. The predicted molar refractivity (Wildman–Crippen MR) is 68.4 cm³/mol. The Hall–Kier alpha value is -1.81. The van der Waals surface area contributed by atoms with Crippen LogP contribution in [0, 0.1) is 5.82 Å². The molecule has 94 valence electrons. The second-order valence-electron chi connectivity index (χ2n) is 4.30. The highest BCUT2D eigenvalue weighted by Crippen LogP contribution is 2.17. The Morgan fingerprint density at radius 3 is 2.67 bits per heavy atom. The van der Waals surface area contributed by atoms with Crippen molar-refractivity contribution in [1.29, 1.82) is 0 Å². The molecule has 1 unspecified atom stereocenters. The normalized spacial score (nSPS) is 14.2. The maximum atomic E-state index is 13.1. The van der Waals surface area contributed by atoms with Gasteiger partial charge in [0.2, 0.25) is 0 Å². The molecule has 0 saturated heterocycles. The molecule has 0 aliphatic carbocycles. The molecular weight excluding hydrogens is 229 g/mol. The van der Waals surface area contributed by atoms with Gasteiger partial charge in [-0.15, -0.1) is 0 Å². The van der Waals surface area contributed by atoms with Gasteiger partial charge in [0.05, 0.1) is 11.9 Å². The van der Waals surface area contributed by atoms with Gasteiger partial charge in [-0.05, 0) is 37.6 Å². The first kappa shape index (κ1) is 12.6. The molecule has 0 spiro atoms. The molecule has 0 amide bonds. The van der Waals surface area contributed by atoms with Crippen LogP contribution in [0.1, 0.15) is 37.2 Å². The molecule has 0 bridgehead atoms. The SMILES string of the molecule is CC(N[C@@H](C)c1ccccn1)c1cncc(F)c1. The van der Waals surface area contributed by atoms with Crippen LogP contribution in [-0.2, 0) is 0 Å². The van der Waals surface area contributed by atoms with Gasteiger partial charge in [0, 0.05) is 24.5 Å². The predicted octanol–water partition coefficient (Wildman–Crippen LogP) is 3.03. The zero-order valence-electron chi connectivity index (χ0n) is 10.5. The molecule has 0 aliphatic heterocycles. The first-order valence-electron chi connectivity index (χ1n) is 5.94. The van der Waals surface area contributed by atoms with Crippen molar-refractivity contribution in [2.24, 2.45) is 0 Å². The Kier molecular flexibility index (Phi) is 3.99. The maximum Gasteiger partial charge on any atom is 0.141 e. The van der Waals surface area contributed by atoms with Crippen LogP contribution in [0.4, 0.5) is 4.39 Å². The monoisotopic (exact) mass is 245 g/mol. The van der Waals surface area contributed by atoms with Crippen LogP contribution in [0.3, 0.4) is 0 Å². The van der Waals surface area contributed by atoms with Crippen LogP contribution < -0.4 is 5.32 Å². The molecule has 1 N–H and O–H groups in total. The standard InChI is InChI=1S/C14H16FN3/c1-10(12-7-13(15)9-16-8-12)18-11(2)14-5-3-4-6-17-14/h3-11,18H,1-2H3/t10?,11-/m0/s1. The summed E-state index contributed by atoms with van der Waals surface area (Å²) < 4.78 is 13.1. The van der Waals surface area contributed by atoms with Crippen LogP contribution in [0.5, 0.6) is 0 Å². The van der Waals surface area contributed by atoms with E-state index >= 15 is 0 Å². The van der Waals surface area contributed by atoms with E-state index in [1.165, 1.54) is 12.3 Å². The Morgan fingerprint density at radius 1 is 1.17 bits per heavy atom. The number of halogens is 1. The number of aromatic nitrogens is 2. The third-order valence-electron chi connectivity index (χ3n) is 2.86. The largest absolute Gasteiger partial charge is 0.302 e. The molecule has 0 radical (unpaired) electrons. The topological polar surface area (TPSA) is 37.8 Å². The van der Waals surface area contributed by atoms with Gasteiger partial charge in [-0.25, -0.2) is 4.39 Å². The van der Waals surface area contributed by atoms with E-state index in [-0.39, 0.29) is 17.9 Å². The molecule has 2 atom stereocenters. The Bertz CT molecular complexity index is 501. The van der Waals surface area contributed by atoms with E-state index in [2.05, 4.69) is 15.3 Å². The van der Waals surface area contributed by atoms with E-state index in [1.807, 2.05) is 32.0 Å². The number of hydrogen-bond acceptors (Lipinski definition) is 3. The summed E-state index contributed by atoms with van der Waals surface area (Å²) in [5.41, 5.74) is 1.80. The van der Waals surface area contributed by atoms with E-state index in [9.17, 15) is 4.39 Å². The van der Waals surface area contributed by atoms with Crippen molar-refractivity contribution in [1.82, 2.24) is 15.3 Å². The second-order valence-corrected chi connectivity index (χ2v) is 4.30. The van der Waals surface area contributed by atoms with Crippen molar-refractivity contribution in [3.63, 3.8) is 0 Å². The van der Waals surface area contributed by atoms with Crippen molar-refractivity contribution >= 4 is 0 Å². The summed E-state index contributed by atoms with van der Waals surface area (Å²) in [6.45, 7) is 4.02. The molecule has 18 heavy (non-hydrogen) atoms. The van der Waals surface area contributed by atoms with Gasteiger partial charge >= 0.3 is 0 Å². The molecule has 4 heteroatoms. The minimum Gasteiger partial charge on any atom is -0.302 e. The van der Waals surface area contributed by atoms with Gasteiger partial charge in [-0.3, -0.25) is 9.97 Å². The number of nitrogens with one attached hydrogen (secondary N) is 1. The van der Waals surface area contributed by atoms with E-state index in [0.29, 0.717) is 0 Å². The average molecular weight is 245 g/mol. The van der Waals surface area contributed by atoms with Gasteiger partial charge in [0.1, 0.15) is 5.82 Å². The molecule has 2 rings (SSSR count). The van der Waals surface area contributed by atoms with E-state index in [1.54, 1.807) is 12.4 Å². The van der Waals surface area contributed by atoms with Crippen molar-refractivity contribution < 1.29 is 4.39 Å². The number of pyridine rings is 2. The van der Waals surface area contributed by atoms with Gasteiger partial charge in [0.15, 0.2) is 0 Å². The summed E-state index contributed by atoms with van der Waals surface area (Å²) >= 11 is 0. The fourth-order valence-electron chi connectivity index (χ4n) is 1.85. The summed E-state index contributed by atoms with van der Waals surface area (Å²) in [4.78, 5) is 8.15. The molecule has 0 aromatic carbocycles. The minimum atomic E-state index is -0.313. The van der Waals surface area contributed by atoms with Crippen LogP contribution in [0.25, 0.3) is 0 Å². The third-order valence-corrected chi connectivity index (χ3v) is 2.86. The first-order valence-corrected chi connectivity index (χ1v) is 5.94. The van der Waals surface area contributed by atoms with Gasteiger partial charge in [-0.2, -0.15) is 0 Å². The van der Waals surface area contributed by atoms with Crippen LogP contribution in [-0.4, -0.2) is 9.97 Å². The molecule has 0 fully saturated rings. The summed E-state index contributed by atoms with van der Waals surface area (Å²) in [5.74, 6) is -0.313. The number of rotatable bonds is 4. The van der Waals surface area contributed by atoms with Gasteiger partial charge in [0.25, 0.3) is 0 Å². The Labute approximate surface area is 106 Å². The minimum absolute atomic E-state index is 0.0187. The third kappa shape index (κ3) is 3.11. The molecule has 2 heterocycles. The second kappa shape index (κ2) is 5.69. The lowest BCUT2D eigenvalue weighted by Crippen LogP contribution is -2.23. The van der Waals surface area contributed by atoms with Crippen LogP contribution in [0.15, 0.2) is 42.9 Å². The maximum absolute atomic E-state index is 13.1. The molecule has 0 saturated carbocycles. The van der Waals surface area contributed by atoms with E-state index < -0.39 is 0 Å². The van der Waals surface area contributed by atoms with Crippen LogP contribution >= 0.6 is 0 Å². The summed E-state index contributed by atoms with van der Waals surface area (Å²) in [6.07, 6.45) is 4.65. The van der Waals surface area contributed by atoms with Crippen LogP contribution in [0.2, 0.25) is 0 Å². The molecule has 3 nitrogen and oxygen atoms in total. The average Bonchev–Trinajstić information content (AvgIpc) is 2.39. The summed E-state index contributed by atoms with van der Waals surface area (Å²) in [7, 11) is 0. The van der Waals surface area contributed by atoms with Crippen molar-refractivity contribution in [2.45, 2.75) is 25.9 Å². The fourth-order valence-corrected chi connectivity index (χ4v) is 1.85. The number of nitrogens with zero attached hydrogens (tertiary/aromatic N) is 2. The summed E-state index contributed by atoms with van der Waals surface area (Å²) in [5, 5.41) is 3.37. The molecular formula is C14H16FN3. The first-order chi connectivity index (χ1) is 8.66.